The number of aryl methyl sites for hydroxylation is 1. The third-order valence-electron chi connectivity index (χ3n) is 5.18. The summed E-state index contributed by atoms with van der Waals surface area (Å²) in [6, 6.07) is 23.7. The summed E-state index contributed by atoms with van der Waals surface area (Å²) < 4.78 is 2.32. The maximum Gasteiger partial charge on any atom is 0.253 e. The minimum atomic E-state index is -0.0550. The highest BCUT2D eigenvalue weighted by molar-refractivity contribution is 6.08. The van der Waals surface area contributed by atoms with Crippen LogP contribution in [0.3, 0.4) is 0 Å². The smallest absolute Gasteiger partial charge is 0.253 e. The fourth-order valence-electron chi connectivity index (χ4n) is 3.79. The van der Waals surface area contributed by atoms with Gasteiger partial charge < -0.3 is 9.47 Å². The van der Waals surface area contributed by atoms with Gasteiger partial charge in [-0.1, -0.05) is 24.3 Å². The molecule has 0 radical (unpaired) electrons. The van der Waals surface area contributed by atoms with Crippen LogP contribution in [0, 0.1) is 11.3 Å². The van der Waals surface area contributed by atoms with Gasteiger partial charge in [0.25, 0.3) is 5.91 Å². The molecule has 0 N–H and O–H groups in total. The number of rotatable bonds is 4. The molecule has 4 nitrogen and oxygen atoms in total. The molecule has 0 bridgehead atoms. The van der Waals surface area contributed by atoms with E-state index in [0.29, 0.717) is 17.7 Å². The van der Waals surface area contributed by atoms with Crippen molar-refractivity contribution in [2.75, 3.05) is 7.05 Å². The Balaban J connectivity index is 1.65. The zero-order chi connectivity index (χ0) is 19.7. The Bertz CT molecular complexity index is 1210. The van der Waals surface area contributed by atoms with Gasteiger partial charge >= 0.3 is 0 Å². The lowest BCUT2D eigenvalue weighted by Crippen LogP contribution is -2.26. The van der Waals surface area contributed by atoms with Crippen LogP contribution in [0.4, 0.5) is 0 Å². The van der Waals surface area contributed by atoms with Gasteiger partial charge in [0.1, 0.15) is 0 Å². The van der Waals surface area contributed by atoms with E-state index < -0.39 is 0 Å². The summed E-state index contributed by atoms with van der Waals surface area (Å²) in [6.45, 7) is 3.60. The molecule has 0 spiro atoms. The Labute approximate surface area is 164 Å². The van der Waals surface area contributed by atoms with Crippen LogP contribution in [0.25, 0.3) is 21.8 Å². The molecule has 0 saturated carbocycles. The number of nitriles is 1. The van der Waals surface area contributed by atoms with Crippen molar-refractivity contribution < 1.29 is 4.79 Å². The minimum Gasteiger partial charge on any atom is -0.341 e. The van der Waals surface area contributed by atoms with Crippen molar-refractivity contribution in [2.24, 2.45) is 0 Å². The average molecular weight is 367 g/mol. The molecule has 0 unspecified atom stereocenters. The van der Waals surface area contributed by atoms with Crippen LogP contribution < -0.4 is 0 Å². The van der Waals surface area contributed by atoms with Gasteiger partial charge in [0, 0.05) is 47.5 Å². The van der Waals surface area contributed by atoms with Crippen LogP contribution in [-0.4, -0.2) is 22.4 Å². The number of aromatic nitrogens is 1. The van der Waals surface area contributed by atoms with E-state index in [9.17, 15) is 4.79 Å². The molecule has 28 heavy (non-hydrogen) atoms. The predicted octanol–water partition coefficient (Wildman–Crippen LogP) is 4.96. The summed E-state index contributed by atoms with van der Waals surface area (Å²) in [5.74, 6) is -0.0550. The number of para-hydroxylation sites is 1. The molecule has 0 aliphatic rings. The Kier molecular flexibility index (Phi) is 4.58. The maximum atomic E-state index is 12.7. The van der Waals surface area contributed by atoms with Gasteiger partial charge in [-0.2, -0.15) is 5.26 Å². The molecular formula is C24H21N3O. The lowest BCUT2D eigenvalue weighted by molar-refractivity contribution is 0.0785. The summed E-state index contributed by atoms with van der Waals surface area (Å²) in [7, 11) is 1.81. The quantitative estimate of drug-likeness (QED) is 0.512. The molecule has 0 aliphatic heterocycles. The minimum absolute atomic E-state index is 0.0550. The predicted molar refractivity (Wildman–Crippen MR) is 112 cm³/mol. The number of amides is 1. The molecule has 4 heteroatoms. The van der Waals surface area contributed by atoms with E-state index in [1.807, 2.05) is 0 Å². The van der Waals surface area contributed by atoms with E-state index in [4.69, 9.17) is 5.26 Å². The highest BCUT2D eigenvalue weighted by Crippen LogP contribution is 2.30. The van der Waals surface area contributed by atoms with Crippen molar-refractivity contribution in [2.45, 2.75) is 20.0 Å². The summed E-state index contributed by atoms with van der Waals surface area (Å²) >= 11 is 0. The molecule has 0 saturated heterocycles. The number of carbonyl (C=O) groups excluding carboxylic acids is 1. The lowest BCUT2D eigenvalue weighted by Gasteiger charge is -2.17. The zero-order valence-electron chi connectivity index (χ0n) is 16.0. The standard InChI is InChI=1S/C24H21N3O/c1-3-27-22-7-5-4-6-20(22)21-14-18(10-13-23(21)27)16-26(2)24(28)19-11-8-17(15-25)9-12-19/h4-14H,3,16H2,1-2H3. The first-order valence-corrected chi connectivity index (χ1v) is 9.38. The van der Waals surface area contributed by atoms with Crippen molar-refractivity contribution in [3.63, 3.8) is 0 Å². The fourth-order valence-corrected chi connectivity index (χ4v) is 3.79. The van der Waals surface area contributed by atoms with Crippen molar-refractivity contribution in [1.82, 2.24) is 9.47 Å². The third kappa shape index (κ3) is 3.01. The van der Waals surface area contributed by atoms with E-state index >= 15 is 0 Å². The van der Waals surface area contributed by atoms with Gasteiger partial charge in [0.2, 0.25) is 0 Å². The van der Waals surface area contributed by atoms with Gasteiger partial charge in [0.15, 0.2) is 0 Å². The molecule has 3 aromatic carbocycles. The second-order valence-corrected chi connectivity index (χ2v) is 6.96. The first kappa shape index (κ1) is 17.8. The summed E-state index contributed by atoms with van der Waals surface area (Å²) in [6.07, 6.45) is 0. The Morgan fingerprint density at radius 2 is 1.71 bits per heavy atom. The van der Waals surface area contributed by atoms with E-state index in [1.54, 1.807) is 36.2 Å². The molecule has 4 aromatic rings. The van der Waals surface area contributed by atoms with Crippen molar-refractivity contribution in [3.05, 3.63) is 83.4 Å². The van der Waals surface area contributed by atoms with Crippen LogP contribution >= 0.6 is 0 Å². The zero-order valence-corrected chi connectivity index (χ0v) is 16.0. The lowest BCUT2D eigenvalue weighted by atomic mass is 10.1. The Hall–Kier alpha value is -3.58. The number of fused-ring (bicyclic) bond motifs is 3. The second-order valence-electron chi connectivity index (χ2n) is 6.96. The Morgan fingerprint density at radius 3 is 2.43 bits per heavy atom. The fraction of sp³-hybridized carbons (Fsp3) is 0.167. The number of hydrogen-bond acceptors (Lipinski definition) is 2. The number of nitrogens with zero attached hydrogens (tertiary/aromatic N) is 3. The van der Waals surface area contributed by atoms with Crippen LogP contribution in [0.15, 0.2) is 66.7 Å². The van der Waals surface area contributed by atoms with E-state index in [2.05, 4.69) is 60.0 Å². The van der Waals surface area contributed by atoms with Gasteiger partial charge in [-0.15, -0.1) is 0 Å². The first-order valence-electron chi connectivity index (χ1n) is 9.38. The molecule has 0 fully saturated rings. The molecule has 4 rings (SSSR count). The SMILES string of the molecule is CCn1c2ccccc2c2cc(CN(C)C(=O)c3ccc(C#N)cc3)ccc21. The molecule has 1 aromatic heterocycles. The molecule has 138 valence electrons. The summed E-state index contributed by atoms with van der Waals surface area (Å²) in [4.78, 5) is 14.4. The highest BCUT2D eigenvalue weighted by atomic mass is 16.2. The summed E-state index contributed by atoms with van der Waals surface area (Å²) in [5.41, 5.74) is 4.69. The molecule has 0 atom stereocenters. The Morgan fingerprint density at radius 1 is 1.00 bits per heavy atom. The largest absolute Gasteiger partial charge is 0.341 e. The molecule has 0 aliphatic carbocycles. The molecule has 1 heterocycles. The van der Waals surface area contributed by atoms with Gasteiger partial charge in [-0.05, 0) is 55.0 Å². The van der Waals surface area contributed by atoms with Crippen molar-refractivity contribution in [1.29, 1.82) is 5.26 Å². The van der Waals surface area contributed by atoms with E-state index in [-0.39, 0.29) is 5.91 Å². The average Bonchev–Trinajstić information content (AvgIpc) is 3.06. The topological polar surface area (TPSA) is 49.0 Å². The van der Waals surface area contributed by atoms with Crippen molar-refractivity contribution in [3.8, 4) is 6.07 Å². The van der Waals surface area contributed by atoms with Crippen LogP contribution in [0.5, 0.6) is 0 Å². The third-order valence-corrected chi connectivity index (χ3v) is 5.18. The number of hydrogen-bond donors (Lipinski definition) is 0. The molecular weight excluding hydrogens is 346 g/mol. The monoisotopic (exact) mass is 367 g/mol. The van der Waals surface area contributed by atoms with Gasteiger partial charge in [0.05, 0.1) is 11.6 Å². The van der Waals surface area contributed by atoms with Crippen LogP contribution in [-0.2, 0) is 13.1 Å². The van der Waals surface area contributed by atoms with E-state index in [1.165, 1.54) is 21.8 Å². The number of benzene rings is 3. The van der Waals surface area contributed by atoms with Crippen LogP contribution in [0.1, 0.15) is 28.4 Å². The first-order chi connectivity index (χ1) is 13.6. The molecule has 1 amide bonds. The van der Waals surface area contributed by atoms with Gasteiger partial charge in [-0.25, -0.2) is 0 Å². The van der Waals surface area contributed by atoms with E-state index in [0.717, 1.165) is 12.1 Å². The van der Waals surface area contributed by atoms with Crippen molar-refractivity contribution >= 4 is 27.7 Å². The maximum absolute atomic E-state index is 12.7. The number of carbonyl (C=O) groups is 1. The van der Waals surface area contributed by atoms with Crippen LogP contribution in [0.2, 0.25) is 0 Å². The summed E-state index contributed by atoms with van der Waals surface area (Å²) in [5, 5.41) is 11.4. The highest BCUT2D eigenvalue weighted by Gasteiger charge is 2.14. The normalized spacial score (nSPS) is 10.9. The van der Waals surface area contributed by atoms with Gasteiger partial charge in [-0.3, -0.25) is 4.79 Å². The second kappa shape index (κ2) is 7.21.